The Labute approximate surface area is 225 Å². The second-order valence-electron chi connectivity index (χ2n) is 8.74. The number of imide groups is 1. The highest BCUT2D eigenvalue weighted by molar-refractivity contribution is 8.18. The lowest BCUT2D eigenvalue weighted by Crippen LogP contribution is -2.36. The van der Waals surface area contributed by atoms with Crippen LogP contribution in [-0.4, -0.2) is 47.7 Å². The molecule has 0 radical (unpaired) electrons. The molecule has 0 aliphatic carbocycles. The number of para-hydroxylation sites is 1. The molecule has 0 saturated carbocycles. The van der Waals surface area contributed by atoms with Gasteiger partial charge in [0.2, 0.25) is 5.91 Å². The van der Waals surface area contributed by atoms with E-state index >= 15 is 0 Å². The number of anilines is 1. The largest absolute Gasteiger partial charge is 0.493 e. The third-order valence-electron chi connectivity index (χ3n) is 5.15. The van der Waals surface area contributed by atoms with Gasteiger partial charge in [-0.05, 0) is 54.4 Å². The van der Waals surface area contributed by atoms with Gasteiger partial charge in [0.1, 0.15) is 12.3 Å². The molecular weight excluding hydrogens is 516 g/mol. The molecule has 0 unspecified atom stereocenters. The van der Waals surface area contributed by atoms with Crippen LogP contribution in [0, 0.1) is 5.92 Å². The van der Waals surface area contributed by atoms with Crippen molar-refractivity contribution in [3.63, 3.8) is 0 Å². The number of amides is 3. The third-order valence-corrected chi connectivity index (χ3v) is 6.39. The molecule has 37 heavy (non-hydrogen) atoms. The first-order chi connectivity index (χ1) is 17.7. The number of carbonyl (C=O) groups excluding carboxylic acids is 4. The van der Waals surface area contributed by atoms with E-state index in [0.29, 0.717) is 23.8 Å². The number of benzene rings is 2. The number of hydrogen-bond acceptors (Lipinski definition) is 7. The van der Waals surface area contributed by atoms with Crippen molar-refractivity contribution in [2.24, 2.45) is 5.92 Å². The van der Waals surface area contributed by atoms with Gasteiger partial charge in [0.25, 0.3) is 11.1 Å². The molecule has 3 amide bonds. The first-order valence-electron chi connectivity index (χ1n) is 11.9. The zero-order chi connectivity index (χ0) is 26.9. The van der Waals surface area contributed by atoms with Crippen molar-refractivity contribution in [1.82, 2.24) is 4.90 Å². The average Bonchev–Trinajstić information content (AvgIpc) is 3.11. The van der Waals surface area contributed by atoms with E-state index in [1.54, 1.807) is 18.2 Å². The smallest absolute Gasteiger partial charge is 0.339 e. The molecule has 1 aliphatic heterocycles. The second kappa shape index (κ2) is 13.3. The molecule has 1 N–H and O–H groups in total. The highest BCUT2D eigenvalue weighted by atomic mass is 35.5. The summed E-state index contributed by atoms with van der Waals surface area (Å²) < 4.78 is 11.0. The molecule has 0 aromatic heterocycles. The van der Waals surface area contributed by atoms with Gasteiger partial charge < -0.3 is 14.8 Å². The van der Waals surface area contributed by atoms with Crippen molar-refractivity contribution in [2.45, 2.75) is 33.6 Å². The molecule has 1 saturated heterocycles. The summed E-state index contributed by atoms with van der Waals surface area (Å²) in [6.07, 6.45) is 3.19. The Morgan fingerprint density at radius 2 is 1.92 bits per heavy atom. The number of thioether (sulfide) groups is 1. The molecule has 3 rings (SSSR count). The van der Waals surface area contributed by atoms with Gasteiger partial charge in [-0.3, -0.25) is 19.3 Å². The number of ether oxygens (including phenoxy) is 2. The Hall–Kier alpha value is -3.30. The van der Waals surface area contributed by atoms with Crippen molar-refractivity contribution in [3.8, 4) is 5.75 Å². The van der Waals surface area contributed by atoms with Crippen molar-refractivity contribution in [3.05, 3.63) is 63.5 Å². The Bertz CT molecular complexity index is 1210. The third kappa shape index (κ3) is 7.84. The second-order valence-corrected chi connectivity index (χ2v) is 10.1. The quantitative estimate of drug-likeness (QED) is 0.210. The van der Waals surface area contributed by atoms with E-state index in [9.17, 15) is 19.2 Å². The zero-order valence-electron chi connectivity index (χ0n) is 20.9. The summed E-state index contributed by atoms with van der Waals surface area (Å²) in [4.78, 5) is 51.5. The Morgan fingerprint density at radius 1 is 1.16 bits per heavy atom. The lowest BCUT2D eigenvalue weighted by Gasteiger charge is -2.13. The fourth-order valence-corrected chi connectivity index (χ4v) is 4.28. The average molecular weight is 545 g/mol. The number of halogens is 1. The Morgan fingerprint density at radius 3 is 2.65 bits per heavy atom. The summed E-state index contributed by atoms with van der Waals surface area (Å²) in [6.45, 7) is 6.34. The predicted molar refractivity (Wildman–Crippen MR) is 145 cm³/mol. The molecule has 1 fully saturated rings. The zero-order valence-corrected chi connectivity index (χ0v) is 22.5. The van der Waals surface area contributed by atoms with E-state index < -0.39 is 29.6 Å². The summed E-state index contributed by atoms with van der Waals surface area (Å²) in [7, 11) is 0. The molecule has 2 aromatic rings. The number of hydrogen-bond donors (Lipinski definition) is 1. The van der Waals surface area contributed by atoms with E-state index in [1.165, 1.54) is 18.2 Å². The molecule has 1 heterocycles. The molecule has 0 atom stereocenters. The molecule has 10 heteroatoms. The van der Waals surface area contributed by atoms with Crippen LogP contribution in [0.2, 0.25) is 5.02 Å². The van der Waals surface area contributed by atoms with Crippen LogP contribution in [0.4, 0.5) is 10.5 Å². The topological polar surface area (TPSA) is 102 Å². The Kier molecular flexibility index (Phi) is 10.2. The summed E-state index contributed by atoms with van der Waals surface area (Å²) >= 11 is 6.88. The van der Waals surface area contributed by atoms with Crippen LogP contribution in [0.3, 0.4) is 0 Å². The molecule has 8 nitrogen and oxygen atoms in total. The van der Waals surface area contributed by atoms with Crippen LogP contribution in [0.15, 0.2) is 47.4 Å². The van der Waals surface area contributed by atoms with Gasteiger partial charge in [0, 0.05) is 11.3 Å². The van der Waals surface area contributed by atoms with E-state index in [2.05, 4.69) is 5.32 Å². The summed E-state index contributed by atoms with van der Waals surface area (Å²) in [5.41, 5.74) is 1.07. The van der Waals surface area contributed by atoms with Gasteiger partial charge in [-0.25, -0.2) is 4.79 Å². The maximum atomic E-state index is 12.9. The fourth-order valence-electron chi connectivity index (χ4n) is 3.26. The van der Waals surface area contributed by atoms with Crippen LogP contribution in [-0.2, 0) is 14.3 Å². The SMILES string of the molecule is CCCCOC(=O)c1cc(NC(=O)CN2C(=O)S/C(=C/c3ccccc3OCC(C)C)C2=O)ccc1Cl. The maximum absolute atomic E-state index is 12.9. The van der Waals surface area contributed by atoms with Gasteiger partial charge in [-0.15, -0.1) is 0 Å². The molecule has 2 aromatic carbocycles. The monoisotopic (exact) mass is 544 g/mol. The van der Waals surface area contributed by atoms with E-state index in [1.807, 2.05) is 32.9 Å². The predicted octanol–water partition coefficient (Wildman–Crippen LogP) is 6.01. The lowest BCUT2D eigenvalue weighted by atomic mass is 10.1. The van der Waals surface area contributed by atoms with E-state index in [4.69, 9.17) is 21.1 Å². The van der Waals surface area contributed by atoms with Crippen molar-refractivity contribution in [1.29, 1.82) is 0 Å². The fraction of sp³-hybridized carbons (Fsp3) is 0.333. The van der Waals surface area contributed by atoms with Gasteiger partial charge in [0.05, 0.1) is 28.7 Å². The van der Waals surface area contributed by atoms with Crippen molar-refractivity contribution < 1.29 is 28.7 Å². The molecular formula is C27H29ClN2O6S. The van der Waals surface area contributed by atoms with Gasteiger partial charge >= 0.3 is 5.97 Å². The number of rotatable bonds is 11. The first kappa shape index (κ1) is 28.3. The normalized spacial score (nSPS) is 14.4. The van der Waals surface area contributed by atoms with E-state index in [0.717, 1.165) is 29.5 Å². The molecule has 196 valence electrons. The van der Waals surface area contributed by atoms with Gasteiger partial charge in [-0.2, -0.15) is 0 Å². The summed E-state index contributed by atoms with van der Waals surface area (Å²) in [5, 5.41) is 2.24. The highest BCUT2D eigenvalue weighted by Gasteiger charge is 2.36. The number of nitrogens with one attached hydrogen (secondary N) is 1. The van der Waals surface area contributed by atoms with E-state index in [-0.39, 0.29) is 27.8 Å². The molecule has 0 bridgehead atoms. The number of nitrogens with zero attached hydrogens (tertiary/aromatic N) is 1. The first-order valence-corrected chi connectivity index (χ1v) is 13.1. The molecule has 0 spiro atoms. The number of esters is 1. The highest BCUT2D eigenvalue weighted by Crippen LogP contribution is 2.34. The Balaban J connectivity index is 1.67. The van der Waals surface area contributed by atoms with Gasteiger partial charge in [-0.1, -0.05) is 57.0 Å². The number of carbonyl (C=O) groups is 4. The lowest BCUT2D eigenvalue weighted by molar-refractivity contribution is -0.127. The minimum atomic E-state index is -0.600. The summed E-state index contributed by atoms with van der Waals surface area (Å²) in [6, 6.07) is 11.6. The van der Waals surface area contributed by atoms with Crippen LogP contribution >= 0.6 is 23.4 Å². The van der Waals surface area contributed by atoms with Crippen LogP contribution < -0.4 is 10.1 Å². The van der Waals surface area contributed by atoms with Crippen LogP contribution in [0.5, 0.6) is 5.75 Å². The maximum Gasteiger partial charge on any atom is 0.339 e. The number of unbranched alkanes of at least 4 members (excludes halogenated alkanes) is 1. The standard InChI is InChI=1S/C27H29ClN2O6S/c1-4-5-12-35-26(33)20-14-19(10-11-21(20)28)29-24(31)15-30-25(32)23(37-27(30)34)13-18-8-6-7-9-22(18)36-16-17(2)3/h6-11,13-14,17H,4-5,12,15-16H2,1-3H3,(H,29,31)/b23-13+. The minimum absolute atomic E-state index is 0.114. The minimum Gasteiger partial charge on any atom is -0.493 e. The van der Waals surface area contributed by atoms with Crippen molar-refractivity contribution >= 4 is 58.1 Å². The summed E-state index contributed by atoms with van der Waals surface area (Å²) in [5.74, 6) is -0.838. The van der Waals surface area contributed by atoms with Crippen LogP contribution in [0.1, 0.15) is 49.5 Å². The van der Waals surface area contributed by atoms with Crippen molar-refractivity contribution in [2.75, 3.05) is 25.1 Å². The van der Waals surface area contributed by atoms with Gasteiger partial charge in [0.15, 0.2) is 0 Å². The molecule has 1 aliphatic rings. The van der Waals surface area contributed by atoms with Crippen LogP contribution in [0.25, 0.3) is 6.08 Å².